The number of hydrogen-bond donors (Lipinski definition) is 1. The number of likely N-dealkylation sites (tertiary alicyclic amines) is 1. The highest BCUT2D eigenvalue weighted by Crippen LogP contribution is 2.41. The Labute approximate surface area is 150 Å². The van der Waals surface area contributed by atoms with E-state index in [0.29, 0.717) is 30.1 Å². The lowest BCUT2D eigenvalue weighted by Crippen LogP contribution is -2.51. The molecular formula is C17H23BrClNO3. The number of benzene rings is 1. The molecule has 1 fully saturated rings. The molecule has 128 valence electrons. The average molecular weight is 405 g/mol. The Hall–Kier alpha value is -0.780. The molecule has 1 saturated heterocycles. The number of piperidine rings is 1. The van der Waals surface area contributed by atoms with Gasteiger partial charge in [0.1, 0.15) is 5.60 Å². The maximum absolute atomic E-state index is 12.2. The summed E-state index contributed by atoms with van der Waals surface area (Å²) in [7, 11) is 0. The van der Waals surface area contributed by atoms with Crippen LogP contribution >= 0.6 is 27.5 Å². The molecule has 1 aliphatic rings. The molecule has 1 aromatic carbocycles. The van der Waals surface area contributed by atoms with E-state index in [0.717, 1.165) is 4.47 Å². The molecule has 2 atom stereocenters. The molecule has 1 N–H and O–H groups in total. The molecule has 0 spiro atoms. The number of rotatable bonds is 1. The van der Waals surface area contributed by atoms with Crippen molar-refractivity contribution in [1.82, 2.24) is 4.90 Å². The van der Waals surface area contributed by atoms with E-state index in [9.17, 15) is 9.90 Å². The van der Waals surface area contributed by atoms with Crippen LogP contribution in [-0.2, 0) is 10.3 Å². The molecule has 23 heavy (non-hydrogen) atoms. The number of carbonyl (C=O) groups is 1. The quantitative estimate of drug-likeness (QED) is 0.746. The molecule has 0 radical (unpaired) electrons. The molecule has 0 saturated carbocycles. The van der Waals surface area contributed by atoms with Crippen molar-refractivity contribution >= 4 is 33.6 Å². The van der Waals surface area contributed by atoms with Crippen molar-refractivity contribution in [2.45, 2.75) is 45.3 Å². The van der Waals surface area contributed by atoms with E-state index in [-0.39, 0.29) is 12.0 Å². The lowest BCUT2D eigenvalue weighted by molar-refractivity contribution is -0.0733. The van der Waals surface area contributed by atoms with Crippen molar-refractivity contribution in [3.8, 4) is 0 Å². The Kier molecular flexibility index (Phi) is 5.34. The Balaban J connectivity index is 2.16. The first-order valence-corrected chi connectivity index (χ1v) is 8.86. The molecule has 6 heteroatoms. The Morgan fingerprint density at radius 2 is 2.13 bits per heavy atom. The van der Waals surface area contributed by atoms with Crippen LogP contribution in [0.5, 0.6) is 0 Å². The zero-order chi connectivity index (χ0) is 17.4. The van der Waals surface area contributed by atoms with E-state index in [1.165, 1.54) is 0 Å². The molecule has 0 aliphatic carbocycles. The van der Waals surface area contributed by atoms with Crippen LogP contribution < -0.4 is 0 Å². The third-order valence-corrected chi connectivity index (χ3v) is 4.93. The van der Waals surface area contributed by atoms with E-state index in [1.807, 2.05) is 39.8 Å². The predicted molar refractivity (Wildman–Crippen MR) is 94.6 cm³/mol. The summed E-state index contributed by atoms with van der Waals surface area (Å²) in [6.07, 6.45) is 0.0858. The van der Waals surface area contributed by atoms with E-state index in [4.69, 9.17) is 16.3 Å². The SMILES string of the molecule is CC1CN(C(=O)OC(C)(C)C)CCC1(O)c1ccc(Br)cc1Cl. The fourth-order valence-electron chi connectivity index (χ4n) is 2.86. The molecule has 1 amide bonds. The minimum atomic E-state index is -1.05. The summed E-state index contributed by atoms with van der Waals surface area (Å²) >= 11 is 9.68. The molecule has 2 unspecified atom stereocenters. The number of nitrogens with zero attached hydrogens (tertiary/aromatic N) is 1. The van der Waals surface area contributed by atoms with Gasteiger partial charge in [0.15, 0.2) is 0 Å². The van der Waals surface area contributed by atoms with Crippen molar-refractivity contribution in [2.24, 2.45) is 5.92 Å². The fraction of sp³-hybridized carbons (Fsp3) is 0.588. The first-order valence-electron chi connectivity index (χ1n) is 7.69. The molecule has 0 bridgehead atoms. The second-order valence-corrected chi connectivity index (χ2v) is 8.45. The van der Waals surface area contributed by atoms with Crippen molar-refractivity contribution < 1.29 is 14.6 Å². The zero-order valence-electron chi connectivity index (χ0n) is 13.9. The second kappa shape index (κ2) is 6.61. The summed E-state index contributed by atoms with van der Waals surface area (Å²) in [6, 6.07) is 5.49. The molecular weight excluding hydrogens is 382 g/mol. The summed E-state index contributed by atoms with van der Waals surface area (Å²) in [5.74, 6) is -0.151. The van der Waals surface area contributed by atoms with Gasteiger partial charge < -0.3 is 14.7 Å². The standard InChI is InChI=1S/C17H23BrClNO3/c1-11-10-20(15(21)23-16(2,3)4)8-7-17(11,22)13-6-5-12(18)9-14(13)19/h5-6,9,11,22H,7-8,10H2,1-4H3. The van der Waals surface area contributed by atoms with Gasteiger partial charge in [-0.05, 0) is 39.3 Å². The summed E-state index contributed by atoms with van der Waals surface area (Å²) in [5, 5.41) is 11.7. The maximum Gasteiger partial charge on any atom is 0.410 e. The first-order chi connectivity index (χ1) is 10.5. The number of aliphatic hydroxyl groups is 1. The van der Waals surface area contributed by atoms with Gasteiger partial charge in [-0.2, -0.15) is 0 Å². The molecule has 1 heterocycles. The summed E-state index contributed by atoms with van der Waals surface area (Å²) < 4.78 is 6.28. The average Bonchev–Trinajstić information content (AvgIpc) is 2.39. The first kappa shape index (κ1) is 18.6. The number of halogens is 2. The molecule has 1 aromatic rings. The largest absolute Gasteiger partial charge is 0.444 e. The Morgan fingerprint density at radius 1 is 1.48 bits per heavy atom. The van der Waals surface area contributed by atoms with Crippen LogP contribution in [0.25, 0.3) is 0 Å². The third kappa shape index (κ3) is 4.20. The number of carbonyl (C=O) groups excluding carboxylic acids is 1. The highest BCUT2D eigenvalue weighted by atomic mass is 79.9. The van der Waals surface area contributed by atoms with Gasteiger partial charge >= 0.3 is 6.09 Å². The van der Waals surface area contributed by atoms with Gasteiger partial charge in [-0.1, -0.05) is 40.5 Å². The van der Waals surface area contributed by atoms with Gasteiger partial charge in [-0.25, -0.2) is 4.79 Å². The predicted octanol–water partition coefficient (Wildman–Crippen LogP) is 4.57. The highest BCUT2D eigenvalue weighted by molar-refractivity contribution is 9.10. The zero-order valence-corrected chi connectivity index (χ0v) is 16.2. The van der Waals surface area contributed by atoms with Crippen molar-refractivity contribution in [3.05, 3.63) is 33.3 Å². The monoisotopic (exact) mass is 403 g/mol. The minimum absolute atomic E-state index is 0.151. The van der Waals surface area contributed by atoms with Gasteiger partial charge in [0.2, 0.25) is 0 Å². The summed E-state index contributed by atoms with van der Waals surface area (Å²) in [6.45, 7) is 8.32. The number of amides is 1. The lowest BCUT2D eigenvalue weighted by Gasteiger charge is -2.44. The number of ether oxygens (including phenoxy) is 1. The topological polar surface area (TPSA) is 49.8 Å². The Morgan fingerprint density at radius 3 is 2.65 bits per heavy atom. The van der Waals surface area contributed by atoms with Crippen LogP contribution in [0.1, 0.15) is 39.7 Å². The van der Waals surface area contributed by atoms with Gasteiger partial charge in [0.25, 0.3) is 0 Å². The van der Waals surface area contributed by atoms with Crippen molar-refractivity contribution in [2.75, 3.05) is 13.1 Å². The smallest absolute Gasteiger partial charge is 0.410 e. The van der Waals surface area contributed by atoms with Gasteiger partial charge in [0, 0.05) is 34.1 Å². The van der Waals surface area contributed by atoms with Crippen LogP contribution in [0, 0.1) is 5.92 Å². The molecule has 1 aliphatic heterocycles. The van der Waals surface area contributed by atoms with Crippen molar-refractivity contribution in [1.29, 1.82) is 0 Å². The van der Waals surface area contributed by atoms with Crippen LogP contribution in [0.3, 0.4) is 0 Å². The second-order valence-electron chi connectivity index (χ2n) is 7.13. The van der Waals surface area contributed by atoms with Crippen LogP contribution in [-0.4, -0.2) is 34.8 Å². The minimum Gasteiger partial charge on any atom is -0.444 e. The van der Waals surface area contributed by atoms with E-state index in [2.05, 4.69) is 15.9 Å². The highest BCUT2D eigenvalue weighted by Gasteiger charge is 2.43. The fourth-order valence-corrected chi connectivity index (χ4v) is 3.69. The Bertz CT molecular complexity index is 602. The van der Waals surface area contributed by atoms with Gasteiger partial charge in [0.05, 0.1) is 5.60 Å². The molecule has 0 aromatic heterocycles. The van der Waals surface area contributed by atoms with E-state index < -0.39 is 11.2 Å². The molecule has 4 nitrogen and oxygen atoms in total. The lowest BCUT2D eigenvalue weighted by atomic mass is 9.77. The summed E-state index contributed by atoms with van der Waals surface area (Å²) in [4.78, 5) is 13.9. The normalized spacial score (nSPS) is 25.3. The van der Waals surface area contributed by atoms with Gasteiger partial charge in [-0.3, -0.25) is 0 Å². The maximum atomic E-state index is 12.2. The molecule has 2 rings (SSSR count). The van der Waals surface area contributed by atoms with Crippen LogP contribution in [0.2, 0.25) is 5.02 Å². The summed E-state index contributed by atoms with van der Waals surface area (Å²) in [5.41, 5.74) is -0.863. The van der Waals surface area contributed by atoms with Gasteiger partial charge in [-0.15, -0.1) is 0 Å². The van der Waals surface area contributed by atoms with Crippen LogP contribution in [0.4, 0.5) is 4.79 Å². The number of hydrogen-bond acceptors (Lipinski definition) is 3. The van der Waals surface area contributed by atoms with E-state index >= 15 is 0 Å². The van der Waals surface area contributed by atoms with Crippen molar-refractivity contribution in [3.63, 3.8) is 0 Å². The van der Waals surface area contributed by atoms with Crippen LogP contribution in [0.15, 0.2) is 22.7 Å². The van der Waals surface area contributed by atoms with E-state index in [1.54, 1.807) is 11.0 Å². The third-order valence-electron chi connectivity index (χ3n) is 4.12.